The fourth-order valence-corrected chi connectivity index (χ4v) is 1.64. The molecule has 0 aliphatic rings. The van der Waals surface area contributed by atoms with Crippen LogP contribution >= 0.6 is 27.5 Å². The minimum absolute atomic E-state index is 0.116. The number of halogens is 2. The highest BCUT2D eigenvalue weighted by atomic mass is 79.9. The van der Waals surface area contributed by atoms with Gasteiger partial charge in [0, 0.05) is 5.56 Å². The van der Waals surface area contributed by atoms with Crippen LogP contribution in [0.15, 0.2) is 16.6 Å². The molecule has 0 radical (unpaired) electrons. The van der Waals surface area contributed by atoms with E-state index in [1.54, 1.807) is 12.1 Å². The van der Waals surface area contributed by atoms with Crippen LogP contribution in [0, 0.1) is 11.3 Å². The fourth-order valence-electron chi connectivity index (χ4n) is 0.908. The lowest BCUT2D eigenvalue weighted by Gasteiger charge is -2.02. The molecule has 1 aromatic rings. The van der Waals surface area contributed by atoms with Gasteiger partial charge in [-0.2, -0.15) is 5.26 Å². The van der Waals surface area contributed by atoms with E-state index in [-0.39, 0.29) is 5.78 Å². The van der Waals surface area contributed by atoms with Gasteiger partial charge in [-0.05, 0) is 35.0 Å². The summed E-state index contributed by atoms with van der Waals surface area (Å²) in [6, 6.07) is 5.07. The van der Waals surface area contributed by atoms with Crippen molar-refractivity contribution >= 4 is 33.3 Å². The van der Waals surface area contributed by atoms with Crippen molar-refractivity contribution in [1.29, 1.82) is 5.26 Å². The van der Waals surface area contributed by atoms with Crippen LogP contribution in [-0.2, 0) is 0 Å². The summed E-state index contributed by atoms with van der Waals surface area (Å²) in [4.78, 5) is 11.0. The molecule has 0 unspecified atom stereocenters. The third kappa shape index (κ3) is 1.90. The van der Waals surface area contributed by atoms with Crippen LogP contribution in [0.1, 0.15) is 22.8 Å². The number of ketones is 1. The summed E-state index contributed by atoms with van der Waals surface area (Å²) in [7, 11) is 0. The predicted molar refractivity (Wildman–Crippen MR) is 53.9 cm³/mol. The molecule has 66 valence electrons. The SMILES string of the molecule is CC(=O)c1ccc(C#N)c(Br)c1Cl. The number of carbonyl (C=O) groups is 1. The average Bonchev–Trinajstić information content (AvgIpc) is 2.09. The lowest BCUT2D eigenvalue weighted by Crippen LogP contribution is -1.94. The normalized spacial score (nSPS) is 9.38. The molecule has 1 rings (SSSR count). The maximum absolute atomic E-state index is 11.0. The van der Waals surface area contributed by atoms with Gasteiger partial charge in [-0.15, -0.1) is 0 Å². The van der Waals surface area contributed by atoms with Crippen LogP contribution in [0.4, 0.5) is 0 Å². The first kappa shape index (κ1) is 10.2. The summed E-state index contributed by atoms with van der Waals surface area (Å²) < 4.78 is 0.476. The Hall–Kier alpha value is -0.850. The molecule has 0 N–H and O–H groups in total. The molecule has 0 saturated heterocycles. The van der Waals surface area contributed by atoms with Gasteiger partial charge in [0.2, 0.25) is 0 Å². The van der Waals surface area contributed by atoms with Crippen molar-refractivity contribution in [1.82, 2.24) is 0 Å². The molecule has 0 aliphatic carbocycles. The van der Waals surface area contributed by atoms with Crippen molar-refractivity contribution in [3.05, 3.63) is 32.8 Å². The van der Waals surface area contributed by atoms with E-state index in [4.69, 9.17) is 16.9 Å². The number of benzene rings is 1. The van der Waals surface area contributed by atoms with Crippen molar-refractivity contribution in [2.45, 2.75) is 6.92 Å². The number of hydrogen-bond acceptors (Lipinski definition) is 2. The van der Waals surface area contributed by atoms with Gasteiger partial charge in [0.15, 0.2) is 5.78 Å². The Morgan fingerprint density at radius 2 is 2.23 bits per heavy atom. The first-order valence-electron chi connectivity index (χ1n) is 3.47. The number of Topliss-reactive ketones (excluding diaryl/α,β-unsaturated/α-hetero) is 1. The minimum atomic E-state index is -0.116. The fraction of sp³-hybridized carbons (Fsp3) is 0.111. The maximum atomic E-state index is 11.0. The summed E-state index contributed by atoms with van der Waals surface area (Å²) in [5.74, 6) is -0.116. The second kappa shape index (κ2) is 3.91. The topological polar surface area (TPSA) is 40.9 Å². The van der Waals surface area contributed by atoms with E-state index in [0.717, 1.165) is 0 Å². The third-order valence-electron chi connectivity index (χ3n) is 1.58. The smallest absolute Gasteiger partial charge is 0.161 e. The van der Waals surface area contributed by atoms with Crippen molar-refractivity contribution in [3.63, 3.8) is 0 Å². The van der Waals surface area contributed by atoms with E-state index in [0.29, 0.717) is 20.6 Å². The molecule has 13 heavy (non-hydrogen) atoms. The monoisotopic (exact) mass is 257 g/mol. The summed E-state index contributed by atoms with van der Waals surface area (Å²) in [5.41, 5.74) is 0.850. The highest BCUT2D eigenvalue weighted by Crippen LogP contribution is 2.29. The van der Waals surface area contributed by atoms with Crippen LogP contribution < -0.4 is 0 Å². The second-order valence-electron chi connectivity index (χ2n) is 2.46. The quantitative estimate of drug-likeness (QED) is 0.726. The van der Waals surface area contributed by atoms with Crippen molar-refractivity contribution in [3.8, 4) is 6.07 Å². The Morgan fingerprint density at radius 1 is 1.62 bits per heavy atom. The Labute approximate surface area is 89.3 Å². The lowest BCUT2D eigenvalue weighted by molar-refractivity contribution is 0.101. The van der Waals surface area contributed by atoms with Gasteiger partial charge in [0.05, 0.1) is 15.1 Å². The zero-order chi connectivity index (χ0) is 10.0. The van der Waals surface area contributed by atoms with Crippen molar-refractivity contribution in [2.75, 3.05) is 0 Å². The summed E-state index contributed by atoms with van der Waals surface area (Å²) in [5, 5.41) is 8.95. The number of nitriles is 1. The molecule has 0 atom stereocenters. The molecule has 0 fully saturated rings. The van der Waals surface area contributed by atoms with Gasteiger partial charge >= 0.3 is 0 Å². The molecular formula is C9H5BrClNO. The minimum Gasteiger partial charge on any atom is -0.294 e. The maximum Gasteiger partial charge on any atom is 0.161 e. The first-order valence-corrected chi connectivity index (χ1v) is 4.64. The molecule has 0 aliphatic heterocycles. The molecule has 0 saturated carbocycles. The molecule has 0 aromatic heterocycles. The van der Waals surface area contributed by atoms with Crippen molar-refractivity contribution < 1.29 is 4.79 Å². The zero-order valence-electron chi connectivity index (χ0n) is 6.77. The standard InChI is InChI=1S/C9H5BrClNO/c1-5(13)7-3-2-6(4-12)8(10)9(7)11/h2-3H,1H3. The predicted octanol–water partition coefficient (Wildman–Crippen LogP) is 3.18. The summed E-state index contributed by atoms with van der Waals surface area (Å²) in [6.45, 7) is 1.43. The van der Waals surface area contributed by atoms with Crippen molar-refractivity contribution in [2.24, 2.45) is 0 Å². The van der Waals surface area contributed by atoms with E-state index in [9.17, 15) is 4.79 Å². The molecule has 0 bridgehead atoms. The molecule has 4 heteroatoms. The van der Waals surface area contributed by atoms with Gasteiger partial charge in [-0.3, -0.25) is 4.79 Å². The van der Waals surface area contributed by atoms with E-state index >= 15 is 0 Å². The number of hydrogen-bond donors (Lipinski definition) is 0. The second-order valence-corrected chi connectivity index (χ2v) is 3.63. The van der Waals surface area contributed by atoms with Gasteiger partial charge in [-0.25, -0.2) is 0 Å². The molecule has 2 nitrogen and oxygen atoms in total. The van der Waals surface area contributed by atoms with Crippen LogP contribution in [0.3, 0.4) is 0 Å². The van der Waals surface area contributed by atoms with Crippen LogP contribution in [0.25, 0.3) is 0 Å². The van der Waals surface area contributed by atoms with Crippen LogP contribution in [-0.4, -0.2) is 5.78 Å². The average molecular weight is 259 g/mol. The molecular weight excluding hydrogens is 253 g/mol. The molecule has 0 heterocycles. The number of carbonyl (C=O) groups excluding carboxylic acids is 1. The summed E-state index contributed by atoms with van der Waals surface area (Å²) >= 11 is 9.01. The Bertz CT molecular complexity index is 409. The van der Waals surface area contributed by atoms with Gasteiger partial charge in [-0.1, -0.05) is 11.6 Å². The van der Waals surface area contributed by atoms with E-state index in [1.807, 2.05) is 6.07 Å². The lowest BCUT2D eigenvalue weighted by atomic mass is 10.1. The van der Waals surface area contributed by atoms with Gasteiger partial charge < -0.3 is 0 Å². The number of rotatable bonds is 1. The van der Waals surface area contributed by atoms with E-state index in [1.165, 1.54) is 6.92 Å². The van der Waals surface area contributed by atoms with Gasteiger partial charge in [0.25, 0.3) is 0 Å². The first-order chi connectivity index (χ1) is 6.07. The Kier molecular flexibility index (Phi) is 3.07. The number of nitrogens with zero attached hydrogens (tertiary/aromatic N) is 1. The highest BCUT2D eigenvalue weighted by molar-refractivity contribution is 9.10. The van der Waals surface area contributed by atoms with E-state index < -0.39 is 0 Å². The largest absolute Gasteiger partial charge is 0.294 e. The Balaban J connectivity index is 3.42. The third-order valence-corrected chi connectivity index (χ3v) is 3.03. The molecule has 0 amide bonds. The van der Waals surface area contributed by atoms with E-state index in [2.05, 4.69) is 15.9 Å². The summed E-state index contributed by atoms with van der Waals surface area (Å²) in [6.07, 6.45) is 0. The molecule has 0 spiro atoms. The zero-order valence-corrected chi connectivity index (χ0v) is 9.11. The van der Waals surface area contributed by atoms with Gasteiger partial charge in [0.1, 0.15) is 6.07 Å². The van der Waals surface area contributed by atoms with Crippen LogP contribution in [0.2, 0.25) is 5.02 Å². The Morgan fingerprint density at radius 3 is 2.69 bits per heavy atom. The van der Waals surface area contributed by atoms with Crippen LogP contribution in [0.5, 0.6) is 0 Å². The molecule has 1 aromatic carbocycles. The highest BCUT2D eigenvalue weighted by Gasteiger charge is 2.11.